The summed E-state index contributed by atoms with van der Waals surface area (Å²) in [6.45, 7) is 0.221. The van der Waals surface area contributed by atoms with Crippen LogP contribution in [0.2, 0.25) is 0 Å². The molecule has 3 heterocycles. The number of hydrogen-bond acceptors (Lipinski definition) is 6. The zero-order chi connectivity index (χ0) is 24.4. The topological polar surface area (TPSA) is 98.3 Å². The molecule has 1 aliphatic heterocycles. The molecule has 0 saturated carbocycles. The highest BCUT2D eigenvalue weighted by Crippen LogP contribution is 2.26. The summed E-state index contributed by atoms with van der Waals surface area (Å²) in [7, 11) is 1.70. The van der Waals surface area contributed by atoms with Crippen molar-refractivity contribution in [2.24, 2.45) is 0 Å². The fourth-order valence-electron chi connectivity index (χ4n) is 4.72. The average molecular weight is 489 g/mol. The minimum Gasteiger partial charge on any atom is -0.387 e. The number of hydrogen-bond donors (Lipinski definition) is 3. The summed E-state index contributed by atoms with van der Waals surface area (Å²) in [5.74, 6) is 0.336. The molecule has 1 saturated heterocycles. The fourth-order valence-corrected chi connectivity index (χ4v) is 5.45. The monoisotopic (exact) mass is 488 g/mol. The molecule has 8 heteroatoms. The summed E-state index contributed by atoms with van der Waals surface area (Å²) >= 11 is 1.35. The highest BCUT2D eigenvalue weighted by molar-refractivity contribution is 7.17. The molecule has 5 rings (SSSR count). The van der Waals surface area contributed by atoms with Crippen molar-refractivity contribution in [3.8, 4) is 0 Å². The standard InChI is InChI=1S/C27H28N4O3S/c1-31(16-23-29-22-13-14-35-25(22)26(33)30-23)27(34)19-9-7-17(8-10-19)15-20-11-12-21(28-20)24(32)18-5-3-2-4-6-18/h2-10,13-14,20-21,24,28,32H,11-12,15-16H2,1H3,(H,29,30,33)/t20-,21+,24?/m0/s1. The summed E-state index contributed by atoms with van der Waals surface area (Å²) < 4.78 is 0.593. The molecule has 1 aliphatic rings. The summed E-state index contributed by atoms with van der Waals surface area (Å²) in [5, 5.41) is 16.1. The van der Waals surface area contributed by atoms with Gasteiger partial charge < -0.3 is 20.3 Å². The van der Waals surface area contributed by atoms with E-state index in [2.05, 4.69) is 15.3 Å². The molecule has 2 aromatic heterocycles. The largest absolute Gasteiger partial charge is 0.387 e. The summed E-state index contributed by atoms with van der Waals surface area (Å²) in [4.78, 5) is 33.9. The number of fused-ring (bicyclic) bond motifs is 1. The van der Waals surface area contributed by atoms with E-state index < -0.39 is 6.10 Å². The van der Waals surface area contributed by atoms with E-state index in [9.17, 15) is 14.7 Å². The molecule has 1 unspecified atom stereocenters. The first kappa shape index (κ1) is 23.4. The van der Waals surface area contributed by atoms with Gasteiger partial charge in [-0.05, 0) is 54.0 Å². The molecule has 3 N–H and O–H groups in total. The normalized spacial score (nSPS) is 18.6. The Kier molecular flexibility index (Phi) is 6.77. The Morgan fingerprint density at radius 3 is 2.69 bits per heavy atom. The third-order valence-electron chi connectivity index (χ3n) is 6.58. The number of aromatic amines is 1. The second-order valence-electron chi connectivity index (χ2n) is 9.11. The maximum absolute atomic E-state index is 12.9. The summed E-state index contributed by atoms with van der Waals surface area (Å²) in [6.07, 6.45) is 2.25. The lowest BCUT2D eigenvalue weighted by atomic mass is 10.0. The number of aliphatic hydroxyl groups excluding tert-OH is 1. The lowest BCUT2D eigenvalue weighted by Gasteiger charge is -2.20. The Bertz CT molecular complexity index is 1370. The van der Waals surface area contributed by atoms with Gasteiger partial charge in [0.1, 0.15) is 10.5 Å². The summed E-state index contributed by atoms with van der Waals surface area (Å²) in [6, 6.07) is 19.6. The molecule has 2 aromatic carbocycles. The van der Waals surface area contributed by atoms with Gasteiger partial charge in [0.05, 0.1) is 18.2 Å². The van der Waals surface area contributed by atoms with Crippen molar-refractivity contribution in [1.29, 1.82) is 0 Å². The lowest BCUT2D eigenvalue weighted by molar-refractivity contribution is 0.0781. The minimum absolute atomic E-state index is 0.0465. The van der Waals surface area contributed by atoms with Crippen molar-refractivity contribution < 1.29 is 9.90 Å². The van der Waals surface area contributed by atoms with Crippen LogP contribution < -0.4 is 10.9 Å². The van der Waals surface area contributed by atoms with Crippen LogP contribution in [0.25, 0.3) is 10.2 Å². The van der Waals surface area contributed by atoms with Crippen LogP contribution in [0.15, 0.2) is 70.8 Å². The third-order valence-corrected chi connectivity index (χ3v) is 7.48. The number of benzene rings is 2. The second kappa shape index (κ2) is 10.1. The molecule has 0 aliphatic carbocycles. The number of rotatable bonds is 7. The number of aromatic nitrogens is 2. The Labute approximate surface area is 207 Å². The Hall–Kier alpha value is -3.33. The van der Waals surface area contributed by atoms with Gasteiger partial charge in [-0.1, -0.05) is 42.5 Å². The minimum atomic E-state index is -0.512. The van der Waals surface area contributed by atoms with Gasteiger partial charge in [0, 0.05) is 24.7 Å². The number of carbonyl (C=O) groups is 1. The van der Waals surface area contributed by atoms with E-state index in [0.29, 0.717) is 21.6 Å². The van der Waals surface area contributed by atoms with Gasteiger partial charge in [-0.25, -0.2) is 4.98 Å². The molecule has 1 amide bonds. The summed E-state index contributed by atoms with van der Waals surface area (Å²) in [5.41, 5.74) is 3.15. The molecule has 0 bridgehead atoms. The Morgan fingerprint density at radius 2 is 1.91 bits per heavy atom. The molecule has 180 valence electrons. The maximum atomic E-state index is 12.9. The predicted octanol–water partition coefficient (Wildman–Crippen LogP) is 3.65. The van der Waals surface area contributed by atoms with Crippen molar-refractivity contribution in [2.45, 2.75) is 44.0 Å². The molecule has 7 nitrogen and oxygen atoms in total. The number of thiophene rings is 1. The van der Waals surface area contributed by atoms with E-state index in [1.807, 2.05) is 66.0 Å². The predicted molar refractivity (Wildman–Crippen MR) is 138 cm³/mol. The van der Waals surface area contributed by atoms with Gasteiger partial charge in [0.15, 0.2) is 0 Å². The van der Waals surface area contributed by atoms with E-state index in [1.165, 1.54) is 11.3 Å². The van der Waals surface area contributed by atoms with Gasteiger partial charge in [-0.15, -0.1) is 11.3 Å². The van der Waals surface area contributed by atoms with Gasteiger partial charge in [-0.3, -0.25) is 9.59 Å². The Balaban J connectivity index is 1.17. The van der Waals surface area contributed by atoms with Crippen molar-refractivity contribution in [1.82, 2.24) is 20.2 Å². The first-order valence-electron chi connectivity index (χ1n) is 11.8. The van der Waals surface area contributed by atoms with Crippen molar-refractivity contribution in [3.05, 3.63) is 98.9 Å². The number of aliphatic hydroxyl groups is 1. The van der Waals surface area contributed by atoms with E-state index in [0.717, 1.165) is 30.4 Å². The first-order valence-corrected chi connectivity index (χ1v) is 12.7. The molecular formula is C27H28N4O3S. The van der Waals surface area contributed by atoms with Crippen LogP contribution >= 0.6 is 11.3 Å². The van der Waals surface area contributed by atoms with Crippen molar-refractivity contribution in [3.63, 3.8) is 0 Å². The average Bonchev–Trinajstić information content (AvgIpc) is 3.54. The van der Waals surface area contributed by atoms with E-state index in [1.54, 1.807) is 11.9 Å². The Morgan fingerprint density at radius 1 is 1.14 bits per heavy atom. The zero-order valence-electron chi connectivity index (χ0n) is 19.5. The van der Waals surface area contributed by atoms with Crippen LogP contribution in [0.4, 0.5) is 0 Å². The van der Waals surface area contributed by atoms with Gasteiger partial charge in [0.2, 0.25) is 0 Å². The van der Waals surface area contributed by atoms with Gasteiger partial charge in [-0.2, -0.15) is 0 Å². The number of carbonyl (C=O) groups excluding carboxylic acids is 1. The molecule has 4 aromatic rings. The van der Waals surface area contributed by atoms with Crippen LogP contribution in [0.5, 0.6) is 0 Å². The molecule has 0 radical (unpaired) electrons. The van der Waals surface area contributed by atoms with Crippen molar-refractivity contribution in [2.75, 3.05) is 7.05 Å². The smallest absolute Gasteiger partial charge is 0.268 e. The number of amides is 1. The number of nitrogens with zero attached hydrogens (tertiary/aromatic N) is 2. The van der Waals surface area contributed by atoms with Gasteiger partial charge in [0.25, 0.3) is 11.5 Å². The lowest BCUT2D eigenvalue weighted by Crippen LogP contribution is -2.35. The third kappa shape index (κ3) is 5.19. The highest BCUT2D eigenvalue weighted by Gasteiger charge is 2.29. The van der Waals surface area contributed by atoms with Crippen LogP contribution in [-0.2, 0) is 13.0 Å². The molecule has 1 fully saturated rings. The molecule has 0 spiro atoms. The van der Waals surface area contributed by atoms with Crippen molar-refractivity contribution >= 4 is 27.5 Å². The van der Waals surface area contributed by atoms with Crippen LogP contribution in [0.3, 0.4) is 0 Å². The fraction of sp³-hybridized carbons (Fsp3) is 0.296. The number of H-pyrrole nitrogens is 1. The van der Waals surface area contributed by atoms with Gasteiger partial charge >= 0.3 is 0 Å². The van der Waals surface area contributed by atoms with Crippen LogP contribution in [0, 0.1) is 0 Å². The number of nitrogens with one attached hydrogen (secondary N) is 2. The van der Waals surface area contributed by atoms with Crippen LogP contribution in [0.1, 0.15) is 46.3 Å². The van der Waals surface area contributed by atoms with E-state index in [-0.39, 0.29) is 30.1 Å². The quantitative estimate of drug-likeness (QED) is 0.369. The first-order chi connectivity index (χ1) is 17.0. The molecule has 35 heavy (non-hydrogen) atoms. The van der Waals surface area contributed by atoms with E-state index in [4.69, 9.17) is 0 Å². The molecule has 3 atom stereocenters. The SMILES string of the molecule is CN(Cc1nc2ccsc2c(=O)[nH]1)C(=O)c1ccc(C[C@@H]2CC[C@H](C(O)c3ccccc3)N2)cc1. The van der Waals surface area contributed by atoms with Crippen LogP contribution in [-0.4, -0.2) is 45.0 Å². The zero-order valence-corrected chi connectivity index (χ0v) is 20.3. The highest BCUT2D eigenvalue weighted by atomic mass is 32.1. The maximum Gasteiger partial charge on any atom is 0.268 e. The van der Waals surface area contributed by atoms with E-state index >= 15 is 0 Å². The second-order valence-corrected chi connectivity index (χ2v) is 10.0. The molecular weight excluding hydrogens is 460 g/mol.